The fourth-order valence-corrected chi connectivity index (χ4v) is 4.46. The highest BCUT2D eigenvalue weighted by molar-refractivity contribution is 7.99. The second kappa shape index (κ2) is 11.0. The predicted molar refractivity (Wildman–Crippen MR) is 118 cm³/mol. The maximum absolute atomic E-state index is 12.6. The standard InChI is InChI=1S/C22H32N2O4S/c1-23(21(25)24-11-16-29-17-12-24)20-6-4-19(5-7-20)18-28-13-3-8-22(26-2)9-14-27-15-10-22/h3-8H,9-18H2,1-2H3. The van der Waals surface area contributed by atoms with Crippen LogP contribution in [0.4, 0.5) is 10.5 Å². The Hall–Kier alpha value is -1.54. The number of methoxy groups -OCH3 is 1. The number of amides is 2. The Balaban J connectivity index is 1.44. The fourth-order valence-electron chi connectivity index (χ4n) is 3.56. The van der Waals surface area contributed by atoms with Gasteiger partial charge >= 0.3 is 6.03 Å². The Kier molecular flexibility index (Phi) is 8.41. The zero-order chi connectivity index (χ0) is 20.5. The number of hydrogen-bond donors (Lipinski definition) is 0. The molecule has 0 saturated carbocycles. The molecule has 0 atom stereocenters. The third kappa shape index (κ3) is 6.22. The summed E-state index contributed by atoms with van der Waals surface area (Å²) in [5, 5.41) is 0. The van der Waals surface area contributed by atoms with E-state index < -0.39 is 0 Å². The summed E-state index contributed by atoms with van der Waals surface area (Å²) in [5.74, 6) is 2.03. The molecule has 7 heteroatoms. The van der Waals surface area contributed by atoms with Crippen LogP contribution in [0.3, 0.4) is 0 Å². The molecule has 0 aliphatic carbocycles. The molecule has 0 bridgehead atoms. The molecule has 0 aromatic heterocycles. The Bertz CT molecular complexity index is 668. The normalized spacial score (nSPS) is 19.4. The molecular weight excluding hydrogens is 388 g/mol. The van der Waals surface area contributed by atoms with Gasteiger partial charge in [0.15, 0.2) is 0 Å². The summed E-state index contributed by atoms with van der Waals surface area (Å²) in [6.45, 7) is 4.20. The van der Waals surface area contributed by atoms with Crippen LogP contribution in [-0.4, -0.2) is 75.1 Å². The monoisotopic (exact) mass is 420 g/mol. The van der Waals surface area contributed by atoms with E-state index in [1.165, 1.54) is 0 Å². The summed E-state index contributed by atoms with van der Waals surface area (Å²) >= 11 is 1.90. The number of urea groups is 1. The summed E-state index contributed by atoms with van der Waals surface area (Å²) in [6, 6.07) is 8.06. The Morgan fingerprint density at radius 3 is 2.59 bits per heavy atom. The van der Waals surface area contributed by atoms with Crippen molar-refractivity contribution in [2.24, 2.45) is 0 Å². The van der Waals surface area contributed by atoms with E-state index in [0.717, 1.165) is 61.9 Å². The van der Waals surface area contributed by atoms with E-state index in [4.69, 9.17) is 14.2 Å². The second-order valence-electron chi connectivity index (χ2n) is 7.41. The van der Waals surface area contributed by atoms with Crippen molar-refractivity contribution in [1.82, 2.24) is 4.90 Å². The average molecular weight is 421 g/mol. The van der Waals surface area contributed by atoms with Crippen molar-refractivity contribution in [3.8, 4) is 0 Å². The van der Waals surface area contributed by atoms with Crippen molar-refractivity contribution in [3.05, 3.63) is 42.0 Å². The second-order valence-corrected chi connectivity index (χ2v) is 8.63. The molecule has 0 spiro atoms. The van der Waals surface area contributed by atoms with Gasteiger partial charge in [0.1, 0.15) is 0 Å². The molecule has 29 heavy (non-hydrogen) atoms. The number of anilines is 1. The third-order valence-electron chi connectivity index (χ3n) is 5.54. The minimum absolute atomic E-state index is 0.0691. The van der Waals surface area contributed by atoms with Crippen LogP contribution in [0.5, 0.6) is 0 Å². The molecule has 2 fully saturated rings. The number of benzene rings is 1. The van der Waals surface area contributed by atoms with Crippen LogP contribution >= 0.6 is 11.8 Å². The molecule has 0 radical (unpaired) electrons. The van der Waals surface area contributed by atoms with Crippen molar-refractivity contribution in [2.75, 3.05) is 63.5 Å². The minimum Gasteiger partial charge on any atom is -0.381 e. The first-order valence-corrected chi connectivity index (χ1v) is 11.4. The van der Waals surface area contributed by atoms with E-state index in [2.05, 4.69) is 6.08 Å². The van der Waals surface area contributed by atoms with Crippen molar-refractivity contribution in [3.63, 3.8) is 0 Å². The first-order chi connectivity index (χ1) is 14.1. The van der Waals surface area contributed by atoms with Gasteiger partial charge in [0.25, 0.3) is 0 Å². The van der Waals surface area contributed by atoms with E-state index in [9.17, 15) is 4.79 Å². The Morgan fingerprint density at radius 1 is 1.24 bits per heavy atom. The number of nitrogens with zero attached hydrogens (tertiary/aromatic N) is 2. The molecule has 2 aliphatic heterocycles. The van der Waals surface area contributed by atoms with Gasteiger partial charge in [-0.25, -0.2) is 4.79 Å². The van der Waals surface area contributed by atoms with Gasteiger partial charge in [0, 0.05) is 70.5 Å². The largest absolute Gasteiger partial charge is 0.381 e. The van der Waals surface area contributed by atoms with Crippen molar-refractivity contribution in [1.29, 1.82) is 0 Å². The molecule has 160 valence electrons. The molecular formula is C22H32N2O4S. The summed E-state index contributed by atoms with van der Waals surface area (Å²) < 4.78 is 16.9. The van der Waals surface area contributed by atoms with Gasteiger partial charge in [-0.15, -0.1) is 0 Å². The van der Waals surface area contributed by atoms with Gasteiger partial charge in [0.2, 0.25) is 0 Å². The molecule has 2 saturated heterocycles. The van der Waals surface area contributed by atoms with Crippen molar-refractivity contribution >= 4 is 23.5 Å². The predicted octanol–water partition coefficient (Wildman–Crippen LogP) is 3.56. The number of thioether (sulfide) groups is 1. The van der Waals surface area contributed by atoms with E-state index in [1.54, 1.807) is 12.0 Å². The van der Waals surface area contributed by atoms with Gasteiger partial charge in [-0.1, -0.05) is 24.3 Å². The number of rotatable bonds is 7. The highest BCUT2D eigenvalue weighted by atomic mass is 32.2. The van der Waals surface area contributed by atoms with Crippen molar-refractivity contribution < 1.29 is 19.0 Å². The van der Waals surface area contributed by atoms with Crippen LogP contribution in [0, 0.1) is 0 Å². The summed E-state index contributed by atoms with van der Waals surface area (Å²) in [7, 11) is 3.59. The third-order valence-corrected chi connectivity index (χ3v) is 6.48. The zero-order valence-corrected chi connectivity index (χ0v) is 18.3. The molecule has 1 aromatic rings. The lowest BCUT2D eigenvalue weighted by molar-refractivity contribution is -0.0589. The highest BCUT2D eigenvalue weighted by Crippen LogP contribution is 2.25. The molecule has 1 aromatic carbocycles. The molecule has 2 aliphatic rings. The number of hydrogen-bond acceptors (Lipinski definition) is 5. The van der Waals surface area contributed by atoms with E-state index in [-0.39, 0.29) is 11.6 Å². The maximum Gasteiger partial charge on any atom is 0.324 e. The maximum atomic E-state index is 12.6. The van der Waals surface area contributed by atoms with Gasteiger partial charge < -0.3 is 19.1 Å². The van der Waals surface area contributed by atoms with Crippen LogP contribution in [0.15, 0.2) is 36.4 Å². The van der Waals surface area contributed by atoms with Crippen LogP contribution < -0.4 is 4.90 Å². The Labute approximate surface area is 178 Å². The quantitative estimate of drug-likeness (QED) is 0.499. The highest BCUT2D eigenvalue weighted by Gasteiger charge is 2.29. The van der Waals surface area contributed by atoms with Crippen LogP contribution in [0.2, 0.25) is 0 Å². The summed E-state index contributed by atoms with van der Waals surface area (Å²) in [6.07, 6.45) is 5.90. The topological polar surface area (TPSA) is 51.2 Å². The lowest BCUT2D eigenvalue weighted by atomic mass is 9.93. The van der Waals surface area contributed by atoms with E-state index in [0.29, 0.717) is 13.2 Å². The van der Waals surface area contributed by atoms with Gasteiger partial charge in [-0.2, -0.15) is 11.8 Å². The van der Waals surface area contributed by atoms with Gasteiger partial charge in [-0.05, 0) is 17.7 Å². The molecule has 2 amide bonds. The zero-order valence-electron chi connectivity index (χ0n) is 17.5. The molecule has 0 N–H and O–H groups in total. The molecule has 6 nitrogen and oxygen atoms in total. The average Bonchev–Trinajstić information content (AvgIpc) is 2.79. The van der Waals surface area contributed by atoms with Crippen LogP contribution in [0.25, 0.3) is 0 Å². The van der Waals surface area contributed by atoms with Gasteiger partial charge in [-0.3, -0.25) is 4.90 Å². The van der Waals surface area contributed by atoms with Crippen LogP contribution in [0.1, 0.15) is 18.4 Å². The minimum atomic E-state index is -0.215. The van der Waals surface area contributed by atoms with Crippen LogP contribution in [-0.2, 0) is 20.8 Å². The molecule has 0 unspecified atom stereocenters. The number of carbonyl (C=O) groups excluding carboxylic acids is 1. The lowest BCUT2D eigenvalue weighted by Crippen LogP contribution is -2.45. The SMILES string of the molecule is COC1(C=CCOCc2ccc(N(C)C(=O)N3CCSCC3)cc2)CCOCC1. The smallest absolute Gasteiger partial charge is 0.324 e. The van der Waals surface area contributed by atoms with E-state index >= 15 is 0 Å². The number of carbonyl (C=O) groups is 1. The molecule has 2 heterocycles. The summed E-state index contributed by atoms with van der Waals surface area (Å²) in [5.41, 5.74) is 1.77. The first-order valence-electron chi connectivity index (χ1n) is 10.2. The Morgan fingerprint density at radius 2 is 1.93 bits per heavy atom. The fraction of sp³-hybridized carbons (Fsp3) is 0.591. The first kappa shape index (κ1) is 22.2. The van der Waals surface area contributed by atoms with Crippen molar-refractivity contribution in [2.45, 2.75) is 25.0 Å². The van der Waals surface area contributed by atoms with E-state index in [1.807, 2.05) is 54.1 Å². The van der Waals surface area contributed by atoms with Gasteiger partial charge in [0.05, 0.1) is 18.8 Å². The number of ether oxygens (including phenoxy) is 3. The molecule has 3 rings (SSSR count). The summed E-state index contributed by atoms with van der Waals surface area (Å²) in [4.78, 5) is 16.2. The lowest BCUT2D eigenvalue weighted by Gasteiger charge is -2.33.